The highest BCUT2D eigenvalue weighted by atomic mass is 32.2. The minimum absolute atomic E-state index is 0.148. The summed E-state index contributed by atoms with van der Waals surface area (Å²) in [6.45, 7) is 4.07. The fourth-order valence-corrected chi connectivity index (χ4v) is 4.26. The van der Waals surface area contributed by atoms with Gasteiger partial charge in [-0.2, -0.15) is 10.2 Å². The fraction of sp³-hybridized carbons (Fsp3) is 0.154. The number of carbonyl (C=O) groups excluding carboxylic acids is 1. The van der Waals surface area contributed by atoms with Crippen molar-refractivity contribution in [3.05, 3.63) is 78.8 Å². The highest BCUT2D eigenvalue weighted by Crippen LogP contribution is 2.26. The summed E-state index contributed by atoms with van der Waals surface area (Å²) in [6.07, 6.45) is 4.21. The van der Waals surface area contributed by atoms with Crippen molar-refractivity contribution < 1.29 is 17.9 Å². The lowest BCUT2D eigenvalue weighted by atomic mass is 10.1. The van der Waals surface area contributed by atoms with Gasteiger partial charge in [-0.1, -0.05) is 13.8 Å². The first-order chi connectivity index (χ1) is 18.6. The SMILES string of the molecule is CC(C)c1cc(NC(=O)Nc2ccc(Oc3ccnc(NS(C)(=O)=O)c3)cc2)n(-c2ccc3[nH]ncc3c2)n1. The summed E-state index contributed by atoms with van der Waals surface area (Å²) >= 11 is 0. The van der Waals surface area contributed by atoms with E-state index in [0.717, 1.165) is 28.5 Å². The molecule has 0 bridgehead atoms. The Labute approximate surface area is 224 Å². The lowest BCUT2D eigenvalue weighted by Gasteiger charge is -2.11. The number of anilines is 3. The third kappa shape index (κ3) is 6.33. The third-order valence-corrected chi connectivity index (χ3v) is 6.18. The summed E-state index contributed by atoms with van der Waals surface area (Å²) in [5.41, 5.74) is 3.08. The van der Waals surface area contributed by atoms with E-state index in [1.54, 1.807) is 41.2 Å². The predicted molar refractivity (Wildman–Crippen MR) is 149 cm³/mol. The number of ether oxygens (including phenoxy) is 1. The zero-order valence-electron chi connectivity index (χ0n) is 21.3. The van der Waals surface area contributed by atoms with Crippen molar-refractivity contribution in [1.29, 1.82) is 0 Å². The molecule has 0 saturated carbocycles. The van der Waals surface area contributed by atoms with Crippen LogP contribution in [0, 0.1) is 0 Å². The molecule has 5 rings (SSSR count). The number of nitrogens with one attached hydrogen (secondary N) is 4. The molecule has 0 unspecified atom stereocenters. The van der Waals surface area contributed by atoms with Crippen LogP contribution in [0.3, 0.4) is 0 Å². The van der Waals surface area contributed by atoms with E-state index in [1.807, 2.05) is 38.1 Å². The van der Waals surface area contributed by atoms with Crippen LogP contribution in [0.1, 0.15) is 25.5 Å². The van der Waals surface area contributed by atoms with Crippen molar-refractivity contribution in [2.45, 2.75) is 19.8 Å². The summed E-state index contributed by atoms with van der Waals surface area (Å²) in [5, 5.41) is 18.3. The molecular weight excluding hydrogens is 520 g/mol. The first-order valence-corrected chi connectivity index (χ1v) is 13.9. The highest BCUT2D eigenvalue weighted by Gasteiger charge is 2.15. The Hall–Kier alpha value is -4.91. The molecule has 2 amide bonds. The minimum Gasteiger partial charge on any atom is -0.457 e. The van der Waals surface area contributed by atoms with Crippen LogP contribution in [0.4, 0.5) is 22.1 Å². The molecule has 0 aliphatic heterocycles. The lowest BCUT2D eigenvalue weighted by molar-refractivity contribution is 0.262. The van der Waals surface area contributed by atoms with E-state index in [-0.39, 0.29) is 11.7 Å². The molecule has 4 N–H and O–H groups in total. The van der Waals surface area contributed by atoms with E-state index in [1.165, 1.54) is 12.3 Å². The maximum Gasteiger partial charge on any atom is 0.324 e. The van der Waals surface area contributed by atoms with Crippen LogP contribution >= 0.6 is 0 Å². The van der Waals surface area contributed by atoms with Gasteiger partial charge in [-0.15, -0.1) is 0 Å². The van der Waals surface area contributed by atoms with Gasteiger partial charge in [0.1, 0.15) is 23.1 Å². The van der Waals surface area contributed by atoms with Gasteiger partial charge in [-0.3, -0.25) is 15.1 Å². The first kappa shape index (κ1) is 25.7. The Balaban J connectivity index is 1.27. The highest BCUT2D eigenvalue weighted by molar-refractivity contribution is 7.92. The number of hydrogen-bond donors (Lipinski definition) is 4. The molecule has 2 aromatic carbocycles. The zero-order chi connectivity index (χ0) is 27.6. The van der Waals surface area contributed by atoms with E-state index in [2.05, 4.69) is 30.5 Å². The van der Waals surface area contributed by atoms with Gasteiger partial charge in [-0.25, -0.2) is 22.9 Å². The number of urea groups is 1. The second-order valence-electron chi connectivity index (χ2n) is 9.12. The Kier molecular flexibility index (Phi) is 6.90. The summed E-state index contributed by atoms with van der Waals surface area (Å²) in [6, 6.07) is 17.0. The molecule has 12 nitrogen and oxygen atoms in total. The number of amides is 2. The number of hydrogen-bond acceptors (Lipinski definition) is 7. The van der Waals surface area contributed by atoms with Crippen molar-refractivity contribution in [1.82, 2.24) is 25.0 Å². The number of rotatable bonds is 8. The zero-order valence-corrected chi connectivity index (χ0v) is 22.2. The normalized spacial score (nSPS) is 11.5. The number of benzene rings is 2. The molecule has 0 atom stereocenters. The average molecular weight is 547 g/mol. The molecule has 0 fully saturated rings. The summed E-state index contributed by atoms with van der Waals surface area (Å²) in [7, 11) is -3.46. The number of nitrogens with zero attached hydrogens (tertiary/aromatic N) is 4. The average Bonchev–Trinajstić information content (AvgIpc) is 3.51. The molecular formula is C26H26N8O4S. The van der Waals surface area contributed by atoms with Crippen LogP contribution < -0.4 is 20.1 Å². The van der Waals surface area contributed by atoms with Gasteiger partial charge in [0.2, 0.25) is 10.0 Å². The van der Waals surface area contributed by atoms with Crippen molar-refractivity contribution in [3.63, 3.8) is 0 Å². The number of carbonyl (C=O) groups is 1. The van der Waals surface area contributed by atoms with Crippen LogP contribution in [-0.2, 0) is 10.0 Å². The van der Waals surface area contributed by atoms with E-state index < -0.39 is 16.1 Å². The van der Waals surface area contributed by atoms with E-state index in [4.69, 9.17) is 9.84 Å². The Morgan fingerprint density at radius 3 is 2.54 bits per heavy atom. The van der Waals surface area contributed by atoms with Crippen LogP contribution in [0.5, 0.6) is 11.5 Å². The van der Waals surface area contributed by atoms with Gasteiger partial charge in [-0.05, 0) is 54.4 Å². The second-order valence-corrected chi connectivity index (χ2v) is 10.9. The molecule has 0 saturated heterocycles. The van der Waals surface area contributed by atoms with Crippen LogP contribution in [0.2, 0.25) is 0 Å². The van der Waals surface area contributed by atoms with Crippen LogP contribution in [-0.4, -0.2) is 45.7 Å². The van der Waals surface area contributed by atoms with Gasteiger partial charge < -0.3 is 10.1 Å². The quantitative estimate of drug-likeness (QED) is 0.212. The van der Waals surface area contributed by atoms with E-state index >= 15 is 0 Å². The van der Waals surface area contributed by atoms with Gasteiger partial charge >= 0.3 is 6.03 Å². The molecule has 3 heterocycles. The standard InChI is InChI=1S/C26H26N8O4S/c1-16(2)23-14-25(34(32-23)19-6-9-22-17(12-19)15-28-31-22)30-26(35)29-18-4-7-20(8-5-18)38-21-10-11-27-24(13-21)33-39(3,36)37/h4-16H,1-3H3,(H,27,33)(H,28,31)(H2,29,30,35). The van der Waals surface area contributed by atoms with E-state index in [9.17, 15) is 13.2 Å². The monoisotopic (exact) mass is 546 g/mol. The van der Waals surface area contributed by atoms with Crippen molar-refractivity contribution in [2.24, 2.45) is 0 Å². The van der Waals surface area contributed by atoms with Crippen LogP contribution in [0.15, 0.2) is 73.1 Å². The summed E-state index contributed by atoms with van der Waals surface area (Å²) in [4.78, 5) is 16.8. The number of H-pyrrole nitrogens is 1. The maximum atomic E-state index is 12.9. The lowest BCUT2D eigenvalue weighted by Crippen LogP contribution is -2.21. The van der Waals surface area contributed by atoms with Crippen molar-refractivity contribution >= 4 is 44.3 Å². The van der Waals surface area contributed by atoms with Crippen molar-refractivity contribution in [3.8, 4) is 17.2 Å². The predicted octanol–water partition coefficient (Wildman–Crippen LogP) is 5.07. The molecule has 0 radical (unpaired) electrons. The van der Waals surface area contributed by atoms with Crippen molar-refractivity contribution in [2.75, 3.05) is 21.6 Å². The minimum atomic E-state index is -3.46. The number of fused-ring (bicyclic) bond motifs is 1. The maximum absolute atomic E-state index is 12.9. The molecule has 39 heavy (non-hydrogen) atoms. The fourth-order valence-electron chi connectivity index (χ4n) is 3.77. The summed E-state index contributed by atoms with van der Waals surface area (Å²) in [5.74, 6) is 1.73. The molecule has 13 heteroatoms. The molecule has 200 valence electrons. The van der Waals surface area contributed by atoms with Gasteiger partial charge in [0.25, 0.3) is 0 Å². The molecule has 3 aromatic heterocycles. The largest absolute Gasteiger partial charge is 0.457 e. The number of aromatic amines is 1. The number of sulfonamides is 1. The van der Waals surface area contributed by atoms with Gasteiger partial charge in [0, 0.05) is 29.4 Å². The summed E-state index contributed by atoms with van der Waals surface area (Å²) < 4.78 is 32.6. The molecule has 0 aliphatic carbocycles. The first-order valence-electron chi connectivity index (χ1n) is 12.0. The topological polar surface area (TPSA) is 156 Å². The van der Waals surface area contributed by atoms with Gasteiger partial charge in [0.05, 0.1) is 29.4 Å². The Bertz CT molecular complexity index is 1740. The number of aromatic nitrogens is 5. The number of pyridine rings is 1. The van der Waals surface area contributed by atoms with Crippen LogP contribution in [0.25, 0.3) is 16.6 Å². The molecule has 0 spiro atoms. The van der Waals surface area contributed by atoms with E-state index in [0.29, 0.717) is 23.0 Å². The smallest absolute Gasteiger partial charge is 0.324 e. The second kappa shape index (κ2) is 10.5. The Morgan fingerprint density at radius 2 is 1.79 bits per heavy atom. The van der Waals surface area contributed by atoms with Gasteiger partial charge in [0.15, 0.2) is 0 Å². The molecule has 5 aromatic rings. The third-order valence-electron chi connectivity index (χ3n) is 5.60. The Morgan fingerprint density at radius 1 is 1.00 bits per heavy atom. The molecule has 0 aliphatic rings.